The molecule has 17 heteroatoms. The van der Waals surface area contributed by atoms with Crippen LogP contribution in [0.25, 0.3) is 11.2 Å². The smallest absolute Gasteiger partial charge is 0.343 e. The second-order valence-corrected chi connectivity index (χ2v) is 16.2. The van der Waals surface area contributed by atoms with E-state index in [1.54, 1.807) is 0 Å². The van der Waals surface area contributed by atoms with Gasteiger partial charge in [-0.05, 0) is 55.0 Å². The molecule has 2 aromatic rings. The van der Waals surface area contributed by atoms with Crippen LogP contribution in [0.15, 0.2) is 6.33 Å². The molecule has 14 nitrogen and oxygen atoms in total. The number of aromatic nitrogens is 4. The van der Waals surface area contributed by atoms with Gasteiger partial charge in [-0.2, -0.15) is 18.4 Å². The lowest BCUT2D eigenvalue weighted by Crippen LogP contribution is -2.52. The van der Waals surface area contributed by atoms with E-state index in [1.807, 2.05) is 0 Å². The number of fused-ring (bicyclic) bond motifs is 3. The van der Waals surface area contributed by atoms with Crippen LogP contribution in [0.2, 0.25) is 5.28 Å². The number of anilines is 1. The summed E-state index contributed by atoms with van der Waals surface area (Å²) < 4.78 is 46.6. The Kier molecular flexibility index (Phi) is 8.51. The van der Waals surface area contributed by atoms with Crippen molar-refractivity contribution in [1.82, 2.24) is 19.5 Å². The Labute approximate surface area is 243 Å². The third kappa shape index (κ3) is 6.73. The number of hydrogen-bond acceptors (Lipinski definition) is 11. The lowest BCUT2D eigenvalue weighted by Gasteiger charge is -2.54. The van der Waals surface area contributed by atoms with Crippen molar-refractivity contribution in [3.05, 3.63) is 11.6 Å². The Morgan fingerprint density at radius 1 is 1.24 bits per heavy atom. The highest BCUT2D eigenvalue weighted by Crippen LogP contribution is 2.55. The van der Waals surface area contributed by atoms with Gasteiger partial charge in [0.2, 0.25) is 5.28 Å². The van der Waals surface area contributed by atoms with Crippen molar-refractivity contribution < 1.29 is 41.9 Å². The molecule has 0 radical (unpaired) electrons. The highest BCUT2D eigenvalue weighted by molar-refractivity contribution is 7.93. The predicted molar refractivity (Wildman–Crippen MR) is 149 cm³/mol. The fraction of sp³-hybridized carbons (Fsp3) is 0.792. The fourth-order valence-electron chi connectivity index (χ4n) is 7.21. The minimum atomic E-state index is -4.91. The van der Waals surface area contributed by atoms with Gasteiger partial charge in [0.15, 0.2) is 28.7 Å². The number of imidazole rings is 1. The van der Waals surface area contributed by atoms with Gasteiger partial charge in [-0.15, -0.1) is 0 Å². The molecule has 3 fully saturated rings. The first-order chi connectivity index (χ1) is 19.1. The maximum Gasteiger partial charge on any atom is 0.343 e. The second-order valence-electron chi connectivity index (χ2n) is 12.2. The summed E-state index contributed by atoms with van der Waals surface area (Å²) in [5.41, 5.74) is -0.795. The number of ether oxygens (including phenoxy) is 1. The van der Waals surface area contributed by atoms with Gasteiger partial charge in [-0.3, -0.25) is 13.3 Å². The van der Waals surface area contributed by atoms with Gasteiger partial charge in [0.1, 0.15) is 18.3 Å². The lowest BCUT2D eigenvalue weighted by molar-refractivity contribution is -0.0466. The number of rotatable bonds is 10. The van der Waals surface area contributed by atoms with Crippen LogP contribution in [0.5, 0.6) is 0 Å². The monoisotopic (exact) mass is 637 g/mol. The van der Waals surface area contributed by atoms with Gasteiger partial charge in [-0.25, -0.2) is 4.98 Å². The zero-order chi connectivity index (χ0) is 29.8. The summed E-state index contributed by atoms with van der Waals surface area (Å²) in [7, 11) is -9.53. The van der Waals surface area contributed by atoms with Crippen molar-refractivity contribution in [3.8, 4) is 0 Å². The summed E-state index contributed by atoms with van der Waals surface area (Å²) in [6.45, 7) is 3.80. The van der Waals surface area contributed by atoms with Crippen LogP contribution in [0.1, 0.15) is 71.4 Å². The molecule has 2 aromatic heterocycles. The third-order valence-electron chi connectivity index (χ3n) is 8.49. The van der Waals surface area contributed by atoms with Crippen molar-refractivity contribution >= 4 is 46.3 Å². The molecule has 2 bridgehead atoms. The van der Waals surface area contributed by atoms with E-state index in [4.69, 9.17) is 26.1 Å². The molecule has 3 heterocycles. The van der Waals surface area contributed by atoms with E-state index in [1.165, 1.54) is 23.7 Å². The highest BCUT2D eigenvalue weighted by atomic mass is 35.5. The minimum Gasteiger partial charge on any atom is -0.387 e. The van der Waals surface area contributed by atoms with Crippen LogP contribution in [-0.4, -0.2) is 83.9 Å². The van der Waals surface area contributed by atoms with Crippen LogP contribution < -0.4 is 5.32 Å². The van der Waals surface area contributed by atoms with E-state index in [2.05, 4.69) is 38.3 Å². The van der Waals surface area contributed by atoms with Crippen molar-refractivity contribution in [3.63, 3.8) is 0 Å². The van der Waals surface area contributed by atoms with E-state index >= 15 is 0 Å². The summed E-state index contributed by atoms with van der Waals surface area (Å²) in [5.74, 6) is 1.07. The molecule has 7 atom stereocenters. The molecule has 1 aliphatic heterocycles. The zero-order valence-corrected chi connectivity index (χ0v) is 25.4. The van der Waals surface area contributed by atoms with Crippen molar-refractivity contribution in [2.75, 3.05) is 17.4 Å². The van der Waals surface area contributed by atoms with Gasteiger partial charge in [0.25, 0.3) is 10.1 Å². The van der Waals surface area contributed by atoms with E-state index in [0.717, 1.165) is 38.5 Å². The minimum absolute atomic E-state index is 0.0471. The number of nitrogens with zero attached hydrogens (tertiary/aromatic N) is 4. The predicted octanol–water partition coefficient (Wildman–Crippen LogP) is 2.52. The highest BCUT2D eigenvalue weighted by Gasteiger charge is 2.49. The van der Waals surface area contributed by atoms with Gasteiger partial charge in [-0.1, -0.05) is 33.1 Å². The molecule has 2 unspecified atom stereocenters. The van der Waals surface area contributed by atoms with Crippen LogP contribution in [0.3, 0.4) is 0 Å². The topological polar surface area (TPSA) is 206 Å². The average molecular weight is 638 g/mol. The van der Waals surface area contributed by atoms with Gasteiger partial charge in [0, 0.05) is 5.54 Å². The standard InChI is InChI=1S/C24H37ClN5O9PS/c1-3-5-14-8-23(2)6-4-7-24(9-14,11-23)29-19-16-20(28-22(25)27-19)30(12-26-16)21-18(32)17(31)15(39-21)10-38-41(36,37)13-40(33,34)35/h12,14-15,17-18,21,31-32H,3-11,13H2,1-2H3,(H,27,28,29)(H2,33,34,35)/t14-,15-,17?,18?,21-,23+,24+/m1/s1. The maximum absolute atomic E-state index is 11.9. The van der Waals surface area contributed by atoms with Gasteiger partial charge in [0.05, 0.1) is 12.9 Å². The lowest BCUT2D eigenvalue weighted by atomic mass is 9.56. The normalized spacial score (nSPS) is 34.3. The Morgan fingerprint density at radius 3 is 2.71 bits per heavy atom. The van der Waals surface area contributed by atoms with Crippen LogP contribution >= 0.6 is 19.2 Å². The summed E-state index contributed by atoms with van der Waals surface area (Å²) in [6.07, 6.45) is 4.53. The molecule has 41 heavy (non-hydrogen) atoms. The number of aliphatic hydroxyl groups excluding tert-OH is 2. The second kappa shape index (κ2) is 11.3. The molecule has 0 amide bonds. The molecule has 2 saturated carbocycles. The van der Waals surface area contributed by atoms with Crippen molar-refractivity contribution in [2.45, 2.75) is 95.3 Å². The van der Waals surface area contributed by atoms with Crippen molar-refractivity contribution in [1.29, 1.82) is 0 Å². The number of halogens is 1. The largest absolute Gasteiger partial charge is 0.387 e. The summed E-state index contributed by atoms with van der Waals surface area (Å²) in [5, 5.41) is 24.9. The zero-order valence-electron chi connectivity index (χ0n) is 22.9. The quantitative estimate of drug-likeness (QED) is 0.144. The summed E-state index contributed by atoms with van der Waals surface area (Å²) in [4.78, 5) is 31.2. The molecule has 2 aliphatic carbocycles. The molecule has 230 valence electrons. The average Bonchev–Trinajstić information content (AvgIpc) is 3.36. The van der Waals surface area contributed by atoms with Gasteiger partial charge < -0.3 is 30.1 Å². The van der Waals surface area contributed by atoms with Gasteiger partial charge >= 0.3 is 7.60 Å². The first kappa shape index (κ1) is 31.0. The van der Waals surface area contributed by atoms with E-state index in [-0.39, 0.29) is 21.9 Å². The molecular weight excluding hydrogens is 601 g/mol. The van der Waals surface area contributed by atoms with Crippen molar-refractivity contribution in [2.24, 2.45) is 11.3 Å². The Bertz CT molecular complexity index is 1440. The van der Waals surface area contributed by atoms with Crippen LogP contribution in [-0.2, 0) is 23.6 Å². The summed E-state index contributed by atoms with van der Waals surface area (Å²) >= 11 is 6.35. The fourth-order valence-corrected chi connectivity index (χ4v) is 9.66. The molecule has 3 aliphatic rings. The third-order valence-corrected chi connectivity index (χ3v) is 11.8. The Hall–Kier alpha value is -1.42. The number of aliphatic hydroxyl groups is 2. The molecule has 0 spiro atoms. The molecular formula is C24H37ClN5O9PS. The molecule has 5 N–H and O–H groups in total. The molecule has 0 aromatic carbocycles. The number of hydrogen-bond donors (Lipinski definition) is 5. The molecule has 1 saturated heterocycles. The first-order valence-electron chi connectivity index (χ1n) is 13.7. The van der Waals surface area contributed by atoms with Crippen LogP contribution in [0, 0.1) is 11.3 Å². The maximum atomic E-state index is 11.9. The van der Waals surface area contributed by atoms with E-state index in [0.29, 0.717) is 17.3 Å². The van der Waals surface area contributed by atoms with Crippen LogP contribution in [0.4, 0.5) is 5.82 Å². The van der Waals surface area contributed by atoms with E-state index in [9.17, 15) is 23.2 Å². The Balaban J connectivity index is 1.39. The molecule has 5 rings (SSSR count). The number of nitrogens with one attached hydrogen (secondary N) is 1. The van der Waals surface area contributed by atoms with E-state index < -0.39 is 54.4 Å². The first-order valence-corrected chi connectivity index (χ1v) is 17.5. The Morgan fingerprint density at radius 2 is 2.00 bits per heavy atom. The SMILES string of the molecule is CCC[C@@H]1C[C@]2(C)CCC[C@](Nc3nc(Cl)nc4c3ncn4[C@@H]3O[C@H](COS(=O)(=O)CP(=O)(O)O)C(O)C3O)(C1)C2. The summed E-state index contributed by atoms with van der Waals surface area (Å²) in [6, 6.07) is 0.